The first kappa shape index (κ1) is 11.4. The van der Waals surface area contributed by atoms with E-state index in [2.05, 4.69) is 0 Å². The van der Waals surface area contributed by atoms with Crippen LogP contribution in [0.3, 0.4) is 0 Å². The first-order valence-electron chi connectivity index (χ1n) is 3.32. The number of rotatable bonds is 5. The predicted molar refractivity (Wildman–Crippen MR) is 44.9 cm³/mol. The summed E-state index contributed by atoms with van der Waals surface area (Å²) in [6.45, 7) is 2.96. The van der Waals surface area contributed by atoms with E-state index < -0.39 is 7.60 Å². The van der Waals surface area contributed by atoms with Gasteiger partial charge in [-0.1, -0.05) is 6.92 Å². The zero-order valence-corrected chi connectivity index (χ0v) is 8.05. The van der Waals surface area contributed by atoms with Gasteiger partial charge < -0.3 is 9.79 Å². The fourth-order valence-corrected chi connectivity index (χ4v) is 1.81. The Morgan fingerprint density at radius 2 is 2.09 bits per heavy atom. The highest BCUT2D eigenvalue weighted by Crippen LogP contribution is 2.34. The molecule has 0 heterocycles. The molecular formula is C5H13ClNO3P. The average molecular weight is 202 g/mol. The molecule has 11 heavy (non-hydrogen) atoms. The lowest BCUT2D eigenvalue weighted by molar-refractivity contribution is 0.297. The monoisotopic (exact) mass is 201 g/mol. The molecule has 0 atom stereocenters. The van der Waals surface area contributed by atoms with Gasteiger partial charge in [0.1, 0.15) is 6.29 Å². The molecule has 0 unspecified atom stereocenters. The van der Waals surface area contributed by atoms with Crippen molar-refractivity contribution in [3.8, 4) is 0 Å². The summed E-state index contributed by atoms with van der Waals surface area (Å²) in [5.74, 6) is 0.397. The van der Waals surface area contributed by atoms with Crippen molar-refractivity contribution in [2.45, 2.75) is 6.92 Å². The van der Waals surface area contributed by atoms with E-state index in [1.807, 2.05) is 6.92 Å². The Kier molecular flexibility index (Phi) is 5.30. The summed E-state index contributed by atoms with van der Waals surface area (Å²) in [5, 5.41) is 0. The molecule has 0 amide bonds. The minimum atomic E-state index is -3.90. The van der Waals surface area contributed by atoms with E-state index in [9.17, 15) is 4.57 Å². The Morgan fingerprint density at radius 1 is 1.55 bits per heavy atom. The van der Waals surface area contributed by atoms with Crippen LogP contribution in [0.2, 0.25) is 0 Å². The maximum absolute atomic E-state index is 10.5. The van der Waals surface area contributed by atoms with Crippen molar-refractivity contribution < 1.29 is 14.4 Å². The SMILES string of the molecule is CCN(CCCl)CP(=O)(O)O. The van der Waals surface area contributed by atoms with Crippen molar-refractivity contribution in [2.24, 2.45) is 0 Å². The van der Waals surface area contributed by atoms with Crippen molar-refractivity contribution in [1.29, 1.82) is 0 Å². The molecule has 0 aromatic rings. The first-order chi connectivity index (χ1) is 4.99. The fraction of sp³-hybridized carbons (Fsp3) is 1.00. The number of nitrogens with zero attached hydrogens (tertiary/aromatic N) is 1. The Morgan fingerprint density at radius 3 is 2.36 bits per heavy atom. The number of alkyl halides is 1. The molecular weight excluding hydrogens is 188 g/mol. The van der Waals surface area contributed by atoms with Crippen LogP contribution < -0.4 is 0 Å². The quantitative estimate of drug-likeness (QED) is 0.507. The molecule has 0 fully saturated rings. The van der Waals surface area contributed by atoms with Crippen LogP contribution in [-0.4, -0.2) is 39.9 Å². The van der Waals surface area contributed by atoms with Gasteiger partial charge in [0.2, 0.25) is 0 Å². The highest BCUT2D eigenvalue weighted by Gasteiger charge is 2.16. The smallest absolute Gasteiger partial charge is 0.324 e. The summed E-state index contributed by atoms with van der Waals surface area (Å²) >= 11 is 5.41. The number of hydrogen-bond donors (Lipinski definition) is 2. The summed E-state index contributed by atoms with van der Waals surface area (Å²) < 4.78 is 10.5. The molecule has 68 valence electrons. The molecule has 0 radical (unpaired) electrons. The summed E-state index contributed by atoms with van der Waals surface area (Å²) in [6.07, 6.45) is -0.198. The predicted octanol–water partition coefficient (Wildman–Crippen LogP) is 0.682. The molecule has 0 saturated heterocycles. The largest absolute Gasteiger partial charge is 0.339 e. The van der Waals surface area contributed by atoms with Crippen molar-refractivity contribution in [3.63, 3.8) is 0 Å². The van der Waals surface area contributed by atoms with E-state index in [1.165, 1.54) is 0 Å². The second-order valence-corrected chi connectivity index (χ2v) is 4.20. The van der Waals surface area contributed by atoms with Crippen molar-refractivity contribution in [3.05, 3.63) is 0 Å². The molecule has 0 rings (SSSR count). The van der Waals surface area contributed by atoms with Gasteiger partial charge in [-0.2, -0.15) is 0 Å². The standard InChI is InChI=1S/C5H13ClNO3P/c1-2-7(4-3-6)5-11(8,9)10/h2-5H2,1H3,(H2,8,9,10). The van der Waals surface area contributed by atoms with Gasteiger partial charge in [-0.25, -0.2) is 0 Å². The third kappa shape index (κ3) is 6.78. The van der Waals surface area contributed by atoms with Crippen LogP contribution >= 0.6 is 19.2 Å². The van der Waals surface area contributed by atoms with Crippen LogP contribution in [0.25, 0.3) is 0 Å². The number of halogens is 1. The van der Waals surface area contributed by atoms with Crippen LogP contribution in [0.4, 0.5) is 0 Å². The summed E-state index contributed by atoms with van der Waals surface area (Å²) in [7, 11) is -3.90. The van der Waals surface area contributed by atoms with Crippen LogP contribution in [0.1, 0.15) is 6.92 Å². The zero-order valence-electron chi connectivity index (χ0n) is 6.40. The lowest BCUT2D eigenvalue weighted by atomic mass is 10.6. The first-order valence-corrected chi connectivity index (χ1v) is 5.65. The van der Waals surface area contributed by atoms with E-state index in [0.29, 0.717) is 19.0 Å². The second-order valence-electron chi connectivity index (χ2n) is 2.21. The topological polar surface area (TPSA) is 60.8 Å². The maximum Gasteiger partial charge on any atom is 0.339 e. The van der Waals surface area contributed by atoms with E-state index in [1.54, 1.807) is 4.90 Å². The molecule has 0 aliphatic carbocycles. The third-order valence-corrected chi connectivity index (χ3v) is 2.17. The van der Waals surface area contributed by atoms with E-state index in [-0.39, 0.29) is 6.29 Å². The minimum absolute atomic E-state index is 0.198. The van der Waals surface area contributed by atoms with Crippen LogP contribution in [0.5, 0.6) is 0 Å². The summed E-state index contributed by atoms with van der Waals surface area (Å²) in [5.41, 5.74) is 0. The van der Waals surface area contributed by atoms with Crippen molar-refractivity contribution in [1.82, 2.24) is 4.90 Å². The lowest BCUT2D eigenvalue weighted by Crippen LogP contribution is -2.26. The Balaban J connectivity index is 3.78. The van der Waals surface area contributed by atoms with Gasteiger partial charge in [0, 0.05) is 12.4 Å². The van der Waals surface area contributed by atoms with Crippen LogP contribution in [-0.2, 0) is 4.57 Å². The molecule has 0 spiro atoms. The molecule has 6 heteroatoms. The van der Waals surface area contributed by atoms with Gasteiger partial charge in [0.25, 0.3) is 0 Å². The molecule has 2 N–H and O–H groups in total. The minimum Gasteiger partial charge on any atom is -0.324 e. The average Bonchev–Trinajstić information content (AvgIpc) is 1.84. The normalized spacial score (nSPS) is 12.5. The van der Waals surface area contributed by atoms with E-state index in [0.717, 1.165) is 0 Å². The van der Waals surface area contributed by atoms with Gasteiger partial charge in [-0.3, -0.25) is 9.46 Å². The van der Waals surface area contributed by atoms with Crippen LogP contribution in [0.15, 0.2) is 0 Å². The highest BCUT2D eigenvalue weighted by atomic mass is 35.5. The van der Waals surface area contributed by atoms with Crippen molar-refractivity contribution in [2.75, 3.05) is 25.3 Å². The van der Waals surface area contributed by atoms with Gasteiger partial charge in [-0.05, 0) is 6.54 Å². The Bertz CT molecular complexity index is 149. The fourth-order valence-electron chi connectivity index (χ4n) is 0.709. The molecule has 0 aliphatic rings. The third-order valence-electron chi connectivity index (χ3n) is 1.23. The highest BCUT2D eigenvalue weighted by molar-refractivity contribution is 7.51. The van der Waals surface area contributed by atoms with Gasteiger partial charge >= 0.3 is 7.60 Å². The van der Waals surface area contributed by atoms with Crippen molar-refractivity contribution >= 4 is 19.2 Å². The maximum atomic E-state index is 10.5. The molecule has 0 aromatic heterocycles. The van der Waals surface area contributed by atoms with E-state index in [4.69, 9.17) is 21.4 Å². The Hall–Kier alpha value is 0.400. The Labute approximate surface area is 71.3 Å². The lowest BCUT2D eigenvalue weighted by Gasteiger charge is -2.18. The molecule has 0 saturated carbocycles. The van der Waals surface area contributed by atoms with Crippen LogP contribution in [0, 0.1) is 0 Å². The summed E-state index contributed by atoms with van der Waals surface area (Å²) in [4.78, 5) is 18.8. The molecule has 0 aliphatic heterocycles. The molecule has 0 bridgehead atoms. The summed E-state index contributed by atoms with van der Waals surface area (Å²) in [6, 6.07) is 0. The van der Waals surface area contributed by atoms with Gasteiger partial charge in [0.05, 0.1) is 0 Å². The zero-order chi connectivity index (χ0) is 8.91. The van der Waals surface area contributed by atoms with E-state index >= 15 is 0 Å². The van der Waals surface area contributed by atoms with Gasteiger partial charge in [0.15, 0.2) is 0 Å². The molecule has 0 aromatic carbocycles. The number of hydrogen-bond acceptors (Lipinski definition) is 2. The van der Waals surface area contributed by atoms with Gasteiger partial charge in [-0.15, -0.1) is 11.6 Å². The molecule has 4 nitrogen and oxygen atoms in total. The second kappa shape index (κ2) is 5.12.